The molecular weight excluding hydrogens is 356 g/mol. The Morgan fingerprint density at radius 3 is 2.71 bits per heavy atom. The number of pyridine rings is 1. The molecule has 0 atom stereocenters. The van der Waals surface area contributed by atoms with Crippen LogP contribution in [-0.4, -0.2) is 15.4 Å². The smallest absolute Gasteiger partial charge is 0.306 e. The van der Waals surface area contributed by atoms with Crippen LogP contribution in [0, 0.1) is 0 Å². The van der Waals surface area contributed by atoms with Crippen LogP contribution in [0.5, 0.6) is 0 Å². The number of rotatable bonds is 6. The highest BCUT2D eigenvalue weighted by Gasteiger charge is 2.10. The maximum absolute atomic E-state index is 12.0. The van der Waals surface area contributed by atoms with E-state index in [0.717, 1.165) is 17.1 Å². The number of fused-ring (bicyclic) bond motifs is 1. The number of aryl methyl sites for hydroxylation is 1. The van der Waals surface area contributed by atoms with Crippen molar-refractivity contribution in [2.24, 2.45) is 0 Å². The normalized spacial score (nSPS) is 10.9. The zero-order chi connectivity index (χ0) is 19.3. The molecule has 3 heterocycles. The number of hydrogen-bond donors (Lipinski definition) is 0. The second-order valence-electron chi connectivity index (χ2n) is 6.31. The highest BCUT2D eigenvalue weighted by molar-refractivity contribution is 5.69. The molecule has 0 N–H and O–H groups in total. The fourth-order valence-electron chi connectivity index (χ4n) is 2.90. The van der Waals surface area contributed by atoms with Gasteiger partial charge >= 0.3 is 5.97 Å². The second-order valence-corrected chi connectivity index (χ2v) is 6.31. The molecule has 0 saturated heterocycles. The molecule has 0 amide bonds. The molecule has 0 bridgehead atoms. The summed E-state index contributed by atoms with van der Waals surface area (Å²) in [5, 5.41) is 0. The van der Waals surface area contributed by atoms with E-state index in [-0.39, 0.29) is 24.6 Å². The van der Waals surface area contributed by atoms with Gasteiger partial charge in [-0.3, -0.25) is 14.0 Å². The van der Waals surface area contributed by atoms with Crippen LogP contribution in [0.4, 0.5) is 0 Å². The van der Waals surface area contributed by atoms with Crippen molar-refractivity contribution >= 4 is 11.6 Å². The topological polar surface area (TPSA) is 73.8 Å². The van der Waals surface area contributed by atoms with Crippen molar-refractivity contribution in [3.8, 4) is 11.3 Å². The van der Waals surface area contributed by atoms with Gasteiger partial charge in [0.2, 0.25) is 0 Å². The molecule has 0 saturated carbocycles. The summed E-state index contributed by atoms with van der Waals surface area (Å²) in [6, 6.07) is 20.2. The number of furan rings is 1. The third-order valence-corrected chi connectivity index (χ3v) is 4.30. The Morgan fingerprint density at radius 1 is 1.04 bits per heavy atom. The number of carbonyl (C=O) groups excluding carboxylic acids is 1. The molecule has 0 fully saturated rings. The van der Waals surface area contributed by atoms with E-state index in [1.165, 1.54) is 10.5 Å². The lowest BCUT2D eigenvalue weighted by molar-refractivity contribution is -0.145. The average molecular weight is 374 g/mol. The summed E-state index contributed by atoms with van der Waals surface area (Å²) < 4.78 is 12.5. The van der Waals surface area contributed by atoms with Crippen molar-refractivity contribution in [1.82, 2.24) is 9.38 Å². The van der Waals surface area contributed by atoms with Gasteiger partial charge in [0.1, 0.15) is 23.8 Å². The number of ether oxygens (including phenoxy) is 1. The third-order valence-electron chi connectivity index (χ3n) is 4.30. The molecule has 0 spiro atoms. The first-order valence-corrected chi connectivity index (χ1v) is 8.96. The Hall–Kier alpha value is -3.67. The van der Waals surface area contributed by atoms with Gasteiger partial charge in [0, 0.05) is 24.2 Å². The lowest BCUT2D eigenvalue weighted by Gasteiger charge is -2.05. The number of nitrogens with zero attached hydrogens (tertiary/aromatic N) is 2. The van der Waals surface area contributed by atoms with Crippen LogP contribution < -0.4 is 5.56 Å². The van der Waals surface area contributed by atoms with E-state index in [1.807, 2.05) is 42.5 Å². The van der Waals surface area contributed by atoms with Crippen LogP contribution in [0.2, 0.25) is 0 Å². The quantitative estimate of drug-likeness (QED) is 0.482. The molecule has 4 aromatic rings. The molecule has 140 valence electrons. The molecule has 1 aromatic carbocycles. The number of esters is 1. The fourth-order valence-corrected chi connectivity index (χ4v) is 2.90. The summed E-state index contributed by atoms with van der Waals surface area (Å²) >= 11 is 0. The summed E-state index contributed by atoms with van der Waals surface area (Å²) in [4.78, 5) is 28.4. The van der Waals surface area contributed by atoms with Crippen molar-refractivity contribution in [2.75, 3.05) is 0 Å². The summed E-state index contributed by atoms with van der Waals surface area (Å²) in [6.07, 6.45) is 2.28. The molecule has 0 unspecified atom stereocenters. The number of hydrogen-bond acceptors (Lipinski definition) is 5. The van der Waals surface area contributed by atoms with E-state index in [9.17, 15) is 9.59 Å². The Labute approximate surface area is 161 Å². The number of benzene rings is 1. The van der Waals surface area contributed by atoms with E-state index >= 15 is 0 Å². The second kappa shape index (κ2) is 7.92. The van der Waals surface area contributed by atoms with Crippen LogP contribution in [0.1, 0.15) is 17.9 Å². The van der Waals surface area contributed by atoms with Gasteiger partial charge in [0.05, 0.1) is 12.1 Å². The van der Waals surface area contributed by atoms with E-state index in [1.54, 1.807) is 24.4 Å². The minimum absolute atomic E-state index is 0.0348. The molecule has 0 aliphatic carbocycles. The molecule has 6 heteroatoms. The maximum atomic E-state index is 12.0. The molecule has 0 aliphatic heterocycles. The first-order valence-electron chi connectivity index (χ1n) is 8.96. The van der Waals surface area contributed by atoms with Crippen molar-refractivity contribution in [3.63, 3.8) is 0 Å². The Kier molecular flexibility index (Phi) is 5.01. The SMILES string of the molecule is O=C(CCc1ccc(-c2ccccc2)o1)OCc1cc(=O)n2ccccc2n1. The van der Waals surface area contributed by atoms with E-state index in [0.29, 0.717) is 17.8 Å². The lowest BCUT2D eigenvalue weighted by atomic mass is 10.2. The molecule has 4 rings (SSSR count). The molecular formula is C22H18N2O4. The highest BCUT2D eigenvalue weighted by Crippen LogP contribution is 2.22. The van der Waals surface area contributed by atoms with Crippen molar-refractivity contribution in [1.29, 1.82) is 0 Å². The largest absolute Gasteiger partial charge is 0.461 e. The van der Waals surface area contributed by atoms with Gasteiger partial charge < -0.3 is 9.15 Å². The van der Waals surface area contributed by atoms with E-state index < -0.39 is 0 Å². The van der Waals surface area contributed by atoms with Gasteiger partial charge in [-0.05, 0) is 24.3 Å². The average Bonchev–Trinajstić information content (AvgIpc) is 3.21. The van der Waals surface area contributed by atoms with Crippen molar-refractivity contribution in [3.05, 3.63) is 94.7 Å². The van der Waals surface area contributed by atoms with Gasteiger partial charge in [-0.1, -0.05) is 36.4 Å². The van der Waals surface area contributed by atoms with Gasteiger partial charge in [0.15, 0.2) is 0 Å². The monoisotopic (exact) mass is 374 g/mol. The number of carbonyl (C=O) groups is 1. The van der Waals surface area contributed by atoms with Crippen molar-refractivity contribution in [2.45, 2.75) is 19.4 Å². The van der Waals surface area contributed by atoms with Crippen LogP contribution in [0.25, 0.3) is 17.0 Å². The minimum atomic E-state index is -0.368. The van der Waals surface area contributed by atoms with Gasteiger partial charge in [-0.15, -0.1) is 0 Å². The Morgan fingerprint density at radius 2 is 1.86 bits per heavy atom. The number of aromatic nitrogens is 2. The minimum Gasteiger partial charge on any atom is -0.461 e. The van der Waals surface area contributed by atoms with Gasteiger partial charge in [-0.2, -0.15) is 0 Å². The summed E-state index contributed by atoms with van der Waals surface area (Å²) in [7, 11) is 0. The summed E-state index contributed by atoms with van der Waals surface area (Å²) in [5.74, 6) is 1.12. The molecule has 6 nitrogen and oxygen atoms in total. The predicted octanol–water partition coefficient (Wildman–Crippen LogP) is 3.63. The van der Waals surface area contributed by atoms with Crippen LogP contribution in [0.15, 0.2) is 82.1 Å². The van der Waals surface area contributed by atoms with Crippen LogP contribution >= 0.6 is 0 Å². The maximum Gasteiger partial charge on any atom is 0.306 e. The molecule has 28 heavy (non-hydrogen) atoms. The third kappa shape index (κ3) is 4.01. The van der Waals surface area contributed by atoms with Crippen molar-refractivity contribution < 1.29 is 13.9 Å². The van der Waals surface area contributed by atoms with E-state index in [4.69, 9.17) is 9.15 Å². The fraction of sp³-hybridized carbons (Fsp3) is 0.136. The van der Waals surface area contributed by atoms with Gasteiger partial charge in [-0.25, -0.2) is 4.98 Å². The molecule has 0 radical (unpaired) electrons. The predicted molar refractivity (Wildman–Crippen MR) is 104 cm³/mol. The summed E-state index contributed by atoms with van der Waals surface area (Å²) in [5.41, 5.74) is 1.73. The zero-order valence-electron chi connectivity index (χ0n) is 15.1. The zero-order valence-corrected chi connectivity index (χ0v) is 15.1. The van der Waals surface area contributed by atoms with Crippen LogP contribution in [0.3, 0.4) is 0 Å². The Balaban J connectivity index is 1.33. The van der Waals surface area contributed by atoms with Gasteiger partial charge in [0.25, 0.3) is 5.56 Å². The lowest BCUT2D eigenvalue weighted by Crippen LogP contribution is -2.16. The molecule has 3 aromatic heterocycles. The highest BCUT2D eigenvalue weighted by atomic mass is 16.5. The standard InChI is InChI=1S/C22H18N2O4/c25-21-14-17(23-20-8-4-5-13-24(20)21)15-27-22(26)12-10-18-9-11-19(28-18)16-6-2-1-3-7-16/h1-9,11,13-14H,10,12,15H2. The molecule has 0 aliphatic rings. The first-order chi connectivity index (χ1) is 13.7. The summed E-state index contributed by atoms with van der Waals surface area (Å²) in [6.45, 7) is -0.0348. The Bertz CT molecular complexity index is 1160. The van der Waals surface area contributed by atoms with Crippen LogP contribution in [-0.2, 0) is 22.6 Å². The first kappa shape index (κ1) is 17.7. The van der Waals surface area contributed by atoms with E-state index in [2.05, 4.69) is 4.98 Å².